The van der Waals surface area contributed by atoms with Crippen LogP contribution in [0.2, 0.25) is 5.02 Å². The maximum absolute atomic E-state index is 12.1. The van der Waals surface area contributed by atoms with Gasteiger partial charge in [-0.3, -0.25) is 4.90 Å². The topological polar surface area (TPSA) is 78.5 Å². The van der Waals surface area contributed by atoms with Crippen LogP contribution in [0.25, 0.3) is 0 Å². The number of carbonyl (C=O) groups is 1. The molecule has 8 heteroatoms. The Balaban J connectivity index is 1.60. The van der Waals surface area contributed by atoms with E-state index in [1.54, 1.807) is 29.2 Å². The highest BCUT2D eigenvalue weighted by atomic mass is 35.5. The molecule has 0 atom stereocenters. The lowest BCUT2D eigenvalue weighted by molar-refractivity contribution is 0.252. The minimum absolute atomic E-state index is 0.0227. The van der Waals surface area contributed by atoms with Crippen molar-refractivity contribution >= 4 is 33.3 Å². The Bertz CT molecular complexity index is 979. The molecule has 2 N–H and O–H groups in total. The van der Waals surface area contributed by atoms with Crippen molar-refractivity contribution in [1.82, 2.24) is 10.0 Å². The van der Waals surface area contributed by atoms with Crippen LogP contribution in [0.1, 0.15) is 5.56 Å². The lowest BCUT2D eigenvalue weighted by Gasteiger charge is -2.13. The first-order valence-electron chi connectivity index (χ1n) is 7.85. The summed E-state index contributed by atoms with van der Waals surface area (Å²) in [6, 6.07) is 13.1. The third-order valence-electron chi connectivity index (χ3n) is 3.73. The summed E-state index contributed by atoms with van der Waals surface area (Å²) in [4.78, 5) is 13.4. The number of nitrogens with zero attached hydrogens (tertiary/aromatic N) is 1. The van der Waals surface area contributed by atoms with Crippen LogP contribution < -0.4 is 14.9 Å². The van der Waals surface area contributed by atoms with Gasteiger partial charge in [0.1, 0.15) is 0 Å². The molecule has 2 aromatic carbocycles. The van der Waals surface area contributed by atoms with E-state index in [2.05, 4.69) is 21.9 Å². The maximum Gasteiger partial charge on any atom is 0.321 e. The molecular weight excluding hydrogens is 374 g/mol. The molecule has 2 aromatic rings. The predicted molar refractivity (Wildman–Crippen MR) is 101 cm³/mol. The van der Waals surface area contributed by atoms with E-state index in [4.69, 9.17) is 11.6 Å². The average molecular weight is 390 g/mol. The zero-order chi connectivity index (χ0) is 18.6. The van der Waals surface area contributed by atoms with Crippen LogP contribution in [-0.2, 0) is 10.0 Å². The first-order chi connectivity index (χ1) is 12.5. The number of hydrogen-bond acceptors (Lipinski definition) is 3. The molecule has 0 bridgehead atoms. The number of hydrogen-bond donors (Lipinski definition) is 2. The number of benzene rings is 2. The molecule has 1 aliphatic rings. The quantitative estimate of drug-likeness (QED) is 0.787. The van der Waals surface area contributed by atoms with Gasteiger partial charge in [0.25, 0.3) is 0 Å². The third-order valence-corrected chi connectivity index (χ3v) is 5.36. The fourth-order valence-corrected chi connectivity index (χ4v) is 3.66. The minimum Gasteiger partial charge on any atom is -0.336 e. The van der Waals surface area contributed by atoms with Gasteiger partial charge in [-0.1, -0.05) is 29.5 Å². The smallest absolute Gasteiger partial charge is 0.321 e. The van der Waals surface area contributed by atoms with E-state index in [1.165, 1.54) is 12.1 Å². The summed E-state index contributed by atoms with van der Waals surface area (Å²) >= 11 is 5.81. The fraction of sp³-hybridized carbons (Fsp3) is 0.167. The van der Waals surface area contributed by atoms with Crippen LogP contribution in [0.3, 0.4) is 0 Å². The van der Waals surface area contributed by atoms with E-state index in [0.717, 1.165) is 11.3 Å². The third kappa shape index (κ3) is 4.35. The summed E-state index contributed by atoms with van der Waals surface area (Å²) in [7, 11) is -3.65. The number of amides is 2. The minimum atomic E-state index is -3.65. The van der Waals surface area contributed by atoms with Gasteiger partial charge in [-0.2, -0.15) is 4.72 Å². The monoisotopic (exact) mass is 389 g/mol. The molecule has 26 heavy (non-hydrogen) atoms. The SMILES string of the molecule is O=C1NCCN1c1ccc(C#CCNS(=O)(=O)c2cccc(Cl)c2)cc1. The van der Waals surface area contributed by atoms with E-state index >= 15 is 0 Å². The van der Waals surface area contributed by atoms with Crippen LogP contribution in [-0.4, -0.2) is 34.1 Å². The molecule has 0 aliphatic carbocycles. The number of nitrogens with one attached hydrogen (secondary N) is 2. The van der Waals surface area contributed by atoms with Crippen molar-refractivity contribution in [2.24, 2.45) is 0 Å². The molecule has 1 aliphatic heterocycles. The van der Waals surface area contributed by atoms with Crippen LogP contribution in [0.5, 0.6) is 0 Å². The molecular formula is C18H16ClN3O3S. The molecule has 1 fully saturated rings. The Kier molecular flexibility index (Phi) is 5.47. The van der Waals surface area contributed by atoms with Gasteiger partial charge in [-0.15, -0.1) is 0 Å². The predicted octanol–water partition coefficient (Wildman–Crippen LogP) is 2.20. The lowest BCUT2D eigenvalue weighted by Crippen LogP contribution is -2.27. The van der Waals surface area contributed by atoms with Gasteiger partial charge >= 0.3 is 6.03 Å². The zero-order valence-electron chi connectivity index (χ0n) is 13.7. The van der Waals surface area contributed by atoms with E-state index in [0.29, 0.717) is 18.1 Å². The number of anilines is 1. The standard InChI is InChI=1S/C18H16ClN3O3S/c19-15-4-1-5-17(13-15)26(24,25)21-10-2-3-14-6-8-16(9-7-14)22-12-11-20-18(22)23/h1,4-9,13,21H,10-12H2,(H,20,23). The molecule has 0 aromatic heterocycles. The van der Waals surface area contributed by atoms with Gasteiger partial charge < -0.3 is 5.32 Å². The van der Waals surface area contributed by atoms with Gasteiger partial charge in [0, 0.05) is 29.4 Å². The molecule has 2 amide bonds. The van der Waals surface area contributed by atoms with Gasteiger partial charge in [-0.25, -0.2) is 13.2 Å². The van der Waals surface area contributed by atoms with Crippen LogP contribution >= 0.6 is 11.6 Å². The molecule has 6 nitrogen and oxygen atoms in total. The Labute approximate surface area is 157 Å². The molecule has 134 valence electrons. The highest BCUT2D eigenvalue weighted by Gasteiger charge is 2.20. The Morgan fingerprint density at radius 1 is 1.19 bits per heavy atom. The van der Waals surface area contributed by atoms with Crippen molar-refractivity contribution in [3.8, 4) is 11.8 Å². The molecule has 1 heterocycles. The summed E-state index contributed by atoms with van der Waals surface area (Å²) in [5.74, 6) is 5.66. The van der Waals surface area contributed by atoms with Crippen molar-refractivity contribution in [2.45, 2.75) is 4.90 Å². The average Bonchev–Trinajstić information content (AvgIpc) is 3.05. The van der Waals surface area contributed by atoms with E-state index in [-0.39, 0.29) is 17.5 Å². The Hall–Kier alpha value is -2.53. The van der Waals surface area contributed by atoms with Gasteiger partial charge in [0.15, 0.2) is 0 Å². The van der Waals surface area contributed by atoms with Crippen molar-refractivity contribution in [3.05, 3.63) is 59.1 Å². The highest BCUT2D eigenvalue weighted by Crippen LogP contribution is 2.17. The fourth-order valence-electron chi connectivity index (χ4n) is 2.44. The van der Waals surface area contributed by atoms with Gasteiger partial charge in [0.05, 0.1) is 11.4 Å². The number of sulfonamides is 1. The summed E-state index contributed by atoms with van der Waals surface area (Å²) in [6.07, 6.45) is 0. The van der Waals surface area contributed by atoms with Crippen molar-refractivity contribution in [1.29, 1.82) is 0 Å². The van der Waals surface area contributed by atoms with Crippen molar-refractivity contribution in [3.63, 3.8) is 0 Å². The van der Waals surface area contributed by atoms with Gasteiger partial charge in [0.2, 0.25) is 10.0 Å². The number of carbonyl (C=O) groups excluding carboxylic acids is 1. The van der Waals surface area contributed by atoms with Crippen molar-refractivity contribution < 1.29 is 13.2 Å². The molecule has 0 unspecified atom stereocenters. The Morgan fingerprint density at radius 3 is 2.62 bits per heavy atom. The molecule has 0 saturated carbocycles. The normalized spacial score (nSPS) is 13.9. The molecule has 0 radical (unpaired) electrons. The van der Waals surface area contributed by atoms with Crippen molar-refractivity contribution in [2.75, 3.05) is 24.5 Å². The molecule has 3 rings (SSSR count). The van der Waals surface area contributed by atoms with E-state index in [1.807, 2.05) is 12.1 Å². The zero-order valence-corrected chi connectivity index (χ0v) is 15.3. The van der Waals surface area contributed by atoms with Crippen LogP contribution in [0.15, 0.2) is 53.4 Å². The second kappa shape index (κ2) is 7.79. The summed E-state index contributed by atoms with van der Waals surface area (Å²) < 4.78 is 26.7. The Morgan fingerprint density at radius 2 is 1.96 bits per heavy atom. The summed E-state index contributed by atoms with van der Waals surface area (Å²) in [6.45, 7) is 1.24. The number of rotatable bonds is 4. The highest BCUT2D eigenvalue weighted by molar-refractivity contribution is 7.89. The molecule has 1 saturated heterocycles. The largest absolute Gasteiger partial charge is 0.336 e. The second-order valence-corrected chi connectivity index (χ2v) is 7.72. The lowest BCUT2D eigenvalue weighted by atomic mass is 10.2. The first kappa shape index (κ1) is 18.3. The molecule has 0 spiro atoms. The summed E-state index contributed by atoms with van der Waals surface area (Å²) in [5, 5.41) is 3.09. The van der Waals surface area contributed by atoms with Crippen LogP contribution in [0.4, 0.5) is 10.5 Å². The van der Waals surface area contributed by atoms with E-state index in [9.17, 15) is 13.2 Å². The maximum atomic E-state index is 12.1. The van der Waals surface area contributed by atoms with Gasteiger partial charge in [-0.05, 0) is 42.5 Å². The summed E-state index contributed by atoms with van der Waals surface area (Å²) in [5.41, 5.74) is 1.53. The van der Waals surface area contributed by atoms with Crippen LogP contribution in [0, 0.1) is 11.8 Å². The first-order valence-corrected chi connectivity index (χ1v) is 9.71. The number of urea groups is 1. The number of halogens is 1. The van der Waals surface area contributed by atoms with E-state index < -0.39 is 10.0 Å². The second-order valence-electron chi connectivity index (χ2n) is 5.51.